The summed E-state index contributed by atoms with van der Waals surface area (Å²) in [6.07, 6.45) is 1.47. The summed E-state index contributed by atoms with van der Waals surface area (Å²) in [5.74, 6) is 1.38. The summed E-state index contributed by atoms with van der Waals surface area (Å²) in [4.78, 5) is 8.27. The van der Waals surface area contributed by atoms with E-state index in [0.717, 1.165) is 20.3 Å². The normalized spacial score (nSPS) is 11.1. The lowest BCUT2D eigenvalue weighted by molar-refractivity contribution is 0.356. The van der Waals surface area contributed by atoms with E-state index in [2.05, 4.69) is 9.97 Å². The van der Waals surface area contributed by atoms with Crippen molar-refractivity contribution in [1.82, 2.24) is 9.97 Å². The molecule has 0 spiro atoms. The Kier molecular flexibility index (Phi) is 2.72. The van der Waals surface area contributed by atoms with E-state index in [4.69, 9.17) is 21.1 Å². The molecule has 0 fully saturated rings. The van der Waals surface area contributed by atoms with Crippen molar-refractivity contribution in [1.29, 1.82) is 0 Å². The second-order valence-corrected chi connectivity index (χ2v) is 5.06. The predicted molar refractivity (Wildman–Crippen MR) is 73.0 cm³/mol. The quantitative estimate of drug-likeness (QED) is 0.674. The molecule has 1 aromatic carbocycles. The molecule has 0 aliphatic carbocycles. The van der Waals surface area contributed by atoms with Gasteiger partial charge in [0.25, 0.3) is 0 Å². The van der Waals surface area contributed by atoms with E-state index in [9.17, 15) is 0 Å². The fourth-order valence-electron chi connectivity index (χ4n) is 1.87. The molecule has 0 N–H and O–H groups in total. The van der Waals surface area contributed by atoms with Crippen LogP contribution in [0.4, 0.5) is 0 Å². The van der Waals surface area contributed by atoms with Crippen LogP contribution in [0.15, 0.2) is 18.5 Å². The highest BCUT2D eigenvalue weighted by molar-refractivity contribution is 7.26. The van der Waals surface area contributed by atoms with E-state index in [1.54, 1.807) is 25.6 Å². The minimum absolute atomic E-state index is 0.471. The molecule has 6 heteroatoms. The maximum Gasteiger partial charge on any atom is 0.162 e. The minimum Gasteiger partial charge on any atom is -0.493 e. The van der Waals surface area contributed by atoms with Gasteiger partial charge in [-0.1, -0.05) is 11.6 Å². The first kappa shape index (κ1) is 11.5. The molecule has 2 heterocycles. The molecule has 0 unspecified atom stereocenters. The number of benzene rings is 1. The summed E-state index contributed by atoms with van der Waals surface area (Å²) in [5.41, 5.74) is 0.843. The third-order valence-electron chi connectivity index (χ3n) is 2.71. The molecule has 0 radical (unpaired) electrons. The third-order valence-corrected chi connectivity index (χ3v) is 4.26. The molecule has 18 heavy (non-hydrogen) atoms. The highest BCUT2D eigenvalue weighted by atomic mass is 35.5. The van der Waals surface area contributed by atoms with Gasteiger partial charge in [-0.25, -0.2) is 9.97 Å². The highest BCUT2D eigenvalue weighted by Gasteiger charge is 2.14. The Bertz CT molecular complexity index is 742. The first-order valence-corrected chi connectivity index (χ1v) is 6.38. The number of methoxy groups -OCH3 is 2. The van der Waals surface area contributed by atoms with Crippen molar-refractivity contribution < 1.29 is 9.47 Å². The molecule has 3 aromatic rings. The van der Waals surface area contributed by atoms with Gasteiger partial charge in [-0.2, -0.15) is 0 Å². The Morgan fingerprint density at radius 2 is 1.83 bits per heavy atom. The molecule has 92 valence electrons. The van der Waals surface area contributed by atoms with Gasteiger partial charge in [0.05, 0.1) is 24.4 Å². The summed E-state index contributed by atoms with van der Waals surface area (Å²) < 4.78 is 12.5. The standard InChI is InChI=1S/C12H9ClN2O2S/c1-16-7-3-6-9(4-8(7)17-2)18-11-10(6)14-5-15-12(11)13/h3-5H,1-2H3. The van der Waals surface area contributed by atoms with Crippen LogP contribution in [-0.4, -0.2) is 24.2 Å². The molecule has 0 aliphatic heterocycles. The fraction of sp³-hybridized carbons (Fsp3) is 0.167. The summed E-state index contributed by atoms with van der Waals surface area (Å²) in [7, 11) is 3.23. The van der Waals surface area contributed by atoms with Crippen LogP contribution in [-0.2, 0) is 0 Å². The Balaban J connectivity index is 2.44. The van der Waals surface area contributed by atoms with Crippen molar-refractivity contribution in [2.45, 2.75) is 0 Å². The first-order valence-electron chi connectivity index (χ1n) is 5.19. The summed E-state index contributed by atoms with van der Waals surface area (Å²) >= 11 is 7.62. The van der Waals surface area contributed by atoms with Gasteiger partial charge in [-0.05, 0) is 6.07 Å². The number of fused-ring (bicyclic) bond motifs is 3. The van der Waals surface area contributed by atoms with Crippen LogP contribution in [0.1, 0.15) is 0 Å². The number of hydrogen-bond acceptors (Lipinski definition) is 5. The number of thiophene rings is 1. The van der Waals surface area contributed by atoms with E-state index >= 15 is 0 Å². The monoisotopic (exact) mass is 280 g/mol. The van der Waals surface area contributed by atoms with Crippen LogP contribution in [0.3, 0.4) is 0 Å². The number of nitrogens with zero attached hydrogens (tertiary/aromatic N) is 2. The minimum atomic E-state index is 0.471. The van der Waals surface area contributed by atoms with Crippen LogP contribution >= 0.6 is 22.9 Å². The van der Waals surface area contributed by atoms with Gasteiger partial charge in [0.15, 0.2) is 11.5 Å². The number of halogens is 1. The first-order chi connectivity index (χ1) is 8.74. The van der Waals surface area contributed by atoms with Crippen LogP contribution in [0.2, 0.25) is 5.15 Å². The summed E-state index contributed by atoms with van der Waals surface area (Å²) in [5, 5.41) is 1.47. The van der Waals surface area contributed by atoms with Gasteiger partial charge in [-0.3, -0.25) is 0 Å². The molecular formula is C12H9ClN2O2S. The highest BCUT2D eigenvalue weighted by Crippen LogP contribution is 2.41. The average Bonchev–Trinajstić information content (AvgIpc) is 2.76. The van der Waals surface area contributed by atoms with Crippen molar-refractivity contribution in [2.24, 2.45) is 0 Å². The maximum atomic E-state index is 6.07. The second kappa shape index (κ2) is 4.26. The molecule has 0 aliphatic rings. The zero-order valence-electron chi connectivity index (χ0n) is 9.73. The van der Waals surface area contributed by atoms with Crippen LogP contribution in [0.25, 0.3) is 20.3 Å². The van der Waals surface area contributed by atoms with E-state index in [1.807, 2.05) is 12.1 Å². The predicted octanol–water partition coefficient (Wildman–Crippen LogP) is 3.52. The molecule has 4 nitrogen and oxygen atoms in total. The van der Waals surface area contributed by atoms with Gasteiger partial charge in [0, 0.05) is 16.2 Å². The smallest absolute Gasteiger partial charge is 0.162 e. The van der Waals surface area contributed by atoms with Gasteiger partial charge < -0.3 is 9.47 Å². The van der Waals surface area contributed by atoms with Crippen molar-refractivity contribution in [2.75, 3.05) is 14.2 Å². The molecule has 0 bridgehead atoms. The van der Waals surface area contributed by atoms with Gasteiger partial charge in [0.2, 0.25) is 0 Å². The van der Waals surface area contributed by atoms with Gasteiger partial charge in [0.1, 0.15) is 11.5 Å². The molecule has 2 aromatic heterocycles. The Labute approximate surface area is 112 Å². The lowest BCUT2D eigenvalue weighted by Crippen LogP contribution is -1.89. The van der Waals surface area contributed by atoms with Gasteiger partial charge >= 0.3 is 0 Å². The summed E-state index contributed by atoms with van der Waals surface area (Å²) in [6, 6.07) is 3.84. The van der Waals surface area contributed by atoms with Crippen LogP contribution in [0, 0.1) is 0 Å². The van der Waals surface area contributed by atoms with E-state index in [0.29, 0.717) is 16.7 Å². The SMILES string of the molecule is COc1cc2sc3c(Cl)ncnc3c2cc1OC. The fourth-order valence-corrected chi connectivity index (χ4v) is 3.17. The Morgan fingerprint density at radius 1 is 1.11 bits per heavy atom. The third kappa shape index (κ3) is 1.59. The van der Waals surface area contributed by atoms with Crippen molar-refractivity contribution in [3.05, 3.63) is 23.6 Å². The van der Waals surface area contributed by atoms with Crippen molar-refractivity contribution in [3.8, 4) is 11.5 Å². The number of rotatable bonds is 2. The molecule has 0 saturated heterocycles. The van der Waals surface area contributed by atoms with E-state index < -0.39 is 0 Å². The lowest BCUT2D eigenvalue weighted by Gasteiger charge is -2.06. The number of hydrogen-bond donors (Lipinski definition) is 0. The number of aromatic nitrogens is 2. The molecule has 0 saturated carbocycles. The topological polar surface area (TPSA) is 44.2 Å². The van der Waals surface area contributed by atoms with Crippen molar-refractivity contribution >= 4 is 43.2 Å². The molecular weight excluding hydrogens is 272 g/mol. The summed E-state index contributed by atoms with van der Waals surface area (Å²) in [6.45, 7) is 0. The number of ether oxygens (including phenoxy) is 2. The average molecular weight is 281 g/mol. The molecule has 0 atom stereocenters. The maximum absolute atomic E-state index is 6.07. The second-order valence-electron chi connectivity index (χ2n) is 3.65. The Hall–Kier alpha value is -1.59. The zero-order chi connectivity index (χ0) is 12.7. The largest absolute Gasteiger partial charge is 0.493 e. The lowest BCUT2D eigenvalue weighted by atomic mass is 10.2. The van der Waals surface area contributed by atoms with E-state index in [1.165, 1.54) is 6.33 Å². The van der Waals surface area contributed by atoms with Crippen LogP contribution < -0.4 is 9.47 Å². The van der Waals surface area contributed by atoms with Crippen molar-refractivity contribution in [3.63, 3.8) is 0 Å². The molecule has 0 amide bonds. The zero-order valence-corrected chi connectivity index (χ0v) is 11.3. The van der Waals surface area contributed by atoms with Crippen LogP contribution in [0.5, 0.6) is 11.5 Å². The van der Waals surface area contributed by atoms with Gasteiger partial charge in [-0.15, -0.1) is 11.3 Å². The Morgan fingerprint density at radius 3 is 2.56 bits per heavy atom. The van der Waals surface area contributed by atoms with E-state index in [-0.39, 0.29) is 0 Å². The molecule has 3 rings (SSSR count).